The molecule has 0 aliphatic carbocycles. The zero-order valence-corrected chi connectivity index (χ0v) is 19.1. The molecule has 0 fully saturated rings. The van der Waals surface area contributed by atoms with Gasteiger partial charge in [0.25, 0.3) is 11.6 Å². The second-order valence-corrected chi connectivity index (χ2v) is 6.97. The molecule has 2 aromatic rings. The van der Waals surface area contributed by atoms with Crippen molar-refractivity contribution in [1.29, 1.82) is 0 Å². The second kappa shape index (κ2) is 11.9. The molecule has 0 bridgehead atoms. The predicted molar refractivity (Wildman–Crippen MR) is 124 cm³/mol. The molecule has 0 atom stereocenters. The van der Waals surface area contributed by atoms with Crippen LogP contribution in [0, 0.1) is 10.1 Å². The van der Waals surface area contributed by atoms with Crippen molar-refractivity contribution < 1.29 is 29.1 Å². The Morgan fingerprint density at radius 3 is 2.38 bits per heavy atom. The molecule has 12 nitrogen and oxygen atoms in total. The standard InChI is InChI=1S/C22H25N5O7/c1-13(28)21(26-25-17-7-6-16(27(31)32)12-20(17)34-4)22(30)24-18-11-15(5-8-19(18)33-3)9-10-23-14(2)29/h5-8,11-12,28H,9-10H2,1-4H3,(H,23,29)(H,24,30)/b21-13+,26-25?. The number of aliphatic hydroxyl groups is 1. The highest BCUT2D eigenvalue weighted by Gasteiger charge is 2.17. The van der Waals surface area contributed by atoms with E-state index in [1.165, 1.54) is 46.3 Å². The number of ether oxygens (including phenoxy) is 2. The number of allylic oxidation sites excluding steroid dienone is 1. The van der Waals surface area contributed by atoms with E-state index in [1.807, 2.05) is 0 Å². The maximum Gasteiger partial charge on any atom is 0.279 e. The van der Waals surface area contributed by atoms with Gasteiger partial charge in [0.1, 0.15) is 17.2 Å². The first-order valence-electron chi connectivity index (χ1n) is 10.0. The van der Waals surface area contributed by atoms with E-state index in [0.29, 0.717) is 24.4 Å². The molecule has 34 heavy (non-hydrogen) atoms. The Bertz CT molecular complexity index is 1140. The lowest BCUT2D eigenvalue weighted by atomic mass is 10.1. The Labute approximate surface area is 195 Å². The molecular formula is C22H25N5O7. The number of rotatable bonds is 10. The van der Waals surface area contributed by atoms with Crippen LogP contribution in [0.1, 0.15) is 19.4 Å². The maximum absolute atomic E-state index is 12.8. The van der Waals surface area contributed by atoms with Gasteiger partial charge >= 0.3 is 0 Å². The van der Waals surface area contributed by atoms with E-state index in [4.69, 9.17) is 9.47 Å². The minimum absolute atomic E-state index is 0.0711. The summed E-state index contributed by atoms with van der Waals surface area (Å²) in [6.45, 7) is 3.11. The summed E-state index contributed by atoms with van der Waals surface area (Å²) in [6.07, 6.45) is 0.522. The zero-order valence-electron chi connectivity index (χ0n) is 19.1. The van der Waals surface area contributed by atoms with Crippen LogP contribution in [-0.4, -0.2) is 42.6 Å². The molecule has 2 aromatic carbocycles. The number of carbonyl (C=O) groups is 2. The van der Waals surface area contributed by atoms with Gasteiger partial charge in [-0.1, -0.05) is 6.07 Å². The van der Waals surface area contributed by atoms with E-state index in [9.17, 15) is 24.8 Å². The fraction of sp³-hybridized carbons (Fsp3) is 0.273. The van der Waals surface area contributed by atoms with Crippen LogP contribution in [0.25, 0.3) is 0 Å². The van der Waals surface area contributed by atoms with Crippen LogP contribution in [0.4, 0.5) is 17.1 Å². The summed E-state index contributed by atoms with van der Waals surface area (Å²) < 4.78 is 10.4. The number of methoxy groups -OCH3 is 2. The largest absolute Gasteiger partial charge is 0.510 e. The molecule has 180 valence electrons. The normalized spacial score (nSPS) is 11.5. The number of aliphatic hydroxyl groups excluding tert-OH is 1. The molecule has 2 rings (SSSR count). The van der Waals surface area contributed by atoms with Crippen molar-refractivity contribution in [1.82, 2.24) is 5.32 Å². The number of nitro benzene ring substituents is 1. The number of non-ortho nitro benzene ring substituents is 1. The molecule has 0 aromatic heterocycles. The number of benzene rings is 2. The summed E-state index contributed by atoms with van der Waals surface area (Å²) in [7, 11) is 2.75. The lowest BCUT2D eigenvalue weighted by Gasteiger charge is -2.12. The van der Waals surface area contributed by atoms with Gasteiger partial charge < -0.3 is 25.2 Å². The topological polar surface area (TPSA) is 165 Å². The monoisotopic (exact) mass is 471 g/mol. The number of azo groups is 1. The van der Waals surface area contributed by atoms with E-state index in [1.54, 1.807) is 18.2 Å². The van der Waals surface area contributed by atoms with Crippen molar-refractivity contribution in [2.45, 2.75) is 20.3 Å². The van der Waals surface area contributed by atoms with Crippen LogP contribution < -0.4 is 20.1 Å². The molecule has 0 radical (unpaired) electrons. The summed E-state index contributed by atoms with van der Waals surface area (Å²) in [5.41, 5.74) is 0.694. The lowest BCUT2D eigenvalue weighted by Crippen LogP contribution is -2.22. The molecule has 0 aliphatic rings. The third-order valence-electron chi connectivity index (χ3n) is 4.49. The fourth-order valence-corrected chi connectivity index (χ4v) is 2.82. The number of anilines is 1. The fourth-order valence-electron chi connectivity index (χ4n) is 2.82. The van der Waals surface area contributed by atoms with Crippen molar-refractivity contribution in [2.75, 3.05) is 26.1 Å². The third kappa shape index (κ3) is 7.02. The van der Waals surface area contributed by atoms with Crippen molar-refractivity contribution in [3.05, 3.63) is 63.5 Å². The number of hydrogen-bond acceptors (Lipinski definition) is 9. The Hall–Kier alpha value is -4.48. The highest BCUT2D eigenvalue weighted by atomic mass is 16.6. The van der Waals surface area contributed by atoms with Crippen LogP contribution in [0.5, 0.6) is 11.5 Å². The average molecular weight is 471 g/mol. The first kappa shape index (κ1) is 25.8. The summed E-state index contributed by atoms with van der Waals surface area (Å²) in [5.74, 6) is -0.863. The number of carbonyl (C=O) groups excluding carboxylic acids is 2. The number of nitrogens with one attached hydrogen (secondary N) is 2. The number of nitrogens with zero attached hydrogens (tertiary/aromatic N) is 3. The van der Waals surface area contributed by atoms with Gasteiger partial charge in [-0.3, -0.25) is 19.7 Å². The lowest BCUT2D eigenvalue weighted by molar-refractivity contribution is -0.384. The van der Waals surface area contributed by atoms with E-state index < -0.39 is 16.6 Å². The van der Waals surface area contributed by atoms with Gasteiger partial charge in [0.15, 0.2) is 11.4 Å². The third-order valence-corrected chi connectivity index (χ3v) is 4.49. The summed E-state index contributed by atoms with van der Waals surface area (Å²) in [6, 6.07) is 8.83. The van der Waals surface area contributed by atoms with E-state index in [2.05, 4.69) is 20.9 Å². The molecule has 12 heteroatoms. The molecular weight excluding hydrogens is 446 g/mol. The first-order valence-corrected chi connectivity index (χ1v) is 10.0. The highest BCUT2D eigenvalue weighted by Crippen LogP contribution is 2.32. The van der Waals surface area contributed by atoms with Gasteiger partial charge in [0, 0.05) is 19.5 Å². The number of nitro groups is 1. The van der Waals surface area contributed by atoms with Crippen molar-refractivity contribution in [2.24, 2.45) is 10.2 Å². The molecule has 0 unspecified atom stereocenters. The Morgan fingerprint density at radius 1 is 1.09 bits per heavy atom. The van der Waals surface area contributed by atoms with Crippen LogP contribution in [-0.2, 0) is 16.0 Å². The van der Waals surface area contributed by atoms with Crippen LogP contribution in [0.2, 0.25) is 0 Å². The smallest absolute Gasteiger partial charge is 0.279 e. The summed E-state index contributed by atoms with van der Waals surface area (Å²) in [5, 5.41) is 34.0. The molecule has 0 spiro atoms. The number of hydrogen-bond donors (Lipinski definition) is 3. The van der Waals surface area contributed by atoms with Gasteiger partial charge in [-0.15, -0.1) is 10.2 Å². The summed E-state index contributed by atoms with van der Waals surface area (Å²) >= 11 is 0. The van der Waals surface area contributed by atoms with Crippen LogP contribution >= 0.6 is 0 Å². The van der Waals surface area contributed by atoms with E-state index >= 15 is 0 Å². The van der Waals surface area contributed by atoms with Gasteiger partial charge in [-0.05, 0) is 37.1 Å². The minimum Gasteiger partial charge on any atom is -0.510 e. The Balaban J connectivity index is 2.27. The molecule has 0 heterocycles. The average Bonchev–Trinajstić information content (AvgIpc) is 2.78. The first-order chi connectivity index (χ1) is 16.2. The SMILES string of the molecule is COc1cc([N+](=O)[O-])ccc1N=N/C(C(=O)Nc1cc(CCNC(C)=O)ccc1OC)=C(\C)O. The minimum atomic E-state index is -0.762. The predicted octanol–water partition coefficient (Wildman–Crippen LogP) is 3.80. The number of amides is 2. The van der Waals surface area contributed by atoms with Gasteiger partial charge in [-0.2, -0.15) is 0 Å². The van der Waals surface area contributed by atoms with Crippen molar-refractivity contribution in [3.63, 3.8) is 0 Å². The van der Waals surface area contributed by atoms with E-state index in [0.717, 1.165) is 5.56 Å². The Morgan fingerprint density at radius 2 is 1.79 bits per heavy atom. The highest BCUT2D eigenvalue weighted by molar-refractivity contribution is 6.04. The van der Waals surface area contributed by atoms with Crippen molar-refractivity contribution >= 4 is 28.9 Å². The van der Waals surface area contributed by atoms with Crippen LogP contribution in [0.15, 0.2) is 58.1 Å². The maximum atomic E-state index is 12.8. The molecule has 2 amide bonds. The second-order valence-electron chi connectivity index (χ2n) is 6.97. The summed E-state index contributed by atoms with van der Waals surface area (Å²) in [4.78, 5) is 34.3. The van der Waals surface area contributed by atoms with Gasteiger partial charge in [-0.25, -0.2) is 0 Å². The van der Waals surface area contributed by atoms with Crippen molar-refractivity contribution in [3.8, 4) is 11.5 Å². The zero-order chi connectivity index (χ0) is 25.3. The quantitative estimate of drug-likeness (QED) is 0.156. The molecule has 0 aliphatic heterocycles. The molecule has 0 saturated carbocycles. The van der Waals surface area contributed by atoms with Crippen LogP contribution in [0.3, 0.4) is 0 Å². The Kier molecular flexibility index (Phi) is 9.06. The molecule has 3 N–H and O–H groups in total. The van der Waals surface area contributed by atoms with Gasteiger partial charge in [0.05, 0.1) is 30.9 Å². The molecule has 0 saturated heterocycles. The van der Waals surface area contributed by atoms with E-state index in [-0.39, 0.29) is 28.7 Å². The van der Waals surface area contributed by atoms with Gasteiger partial charge in [0.2, 0.25) is 5.91 Å².